The lowest BCUT2D eigenvalue weighted by molar-refractivity contribution is 0.803. The van der Waals surface area contributed by atoms with Crippen molar-refractivity contribution in [1.29, 1.82) is 0 Å². The molecule has 0 aliphatic carbocycles. The predicted molar refractivity (Wildman–Crippen MR) is 63.8 cm³/mol. The van der Waals surface area contributed by atoms with Crippen molar-refractivity contribution in [3.63, 3.8) is 0 Å². The Hall–Kier alpha value is -1.01. The second-order valence-corrected chi connectivity index (χ2v) is 4.83. The summed E-state index contributed by atoms with van der Waals surface area (Å²) in [4.78, 5) is 8.13. The summed E-state index contributed by atoms with van der Waals surface area (Å²) in [5.41, 5.74) is 2.43. The molecular weight excluding hydrogens is 210 g/mol. The molecule has 0 amide bonds. The Morgan fingerprint density at radius 3 is 3.27 bits per heavy atom. The first-order chi connectivity index (χ1) is 7.38. The van der Waals surface area contributed by atoms with Gasteiger partial charge in [-0.25, -0.2) is 10.8 Å². The Bertz CT molecular complexity index is 313. The molecule has 0 spiro atoms. The molecule has 1 aliphatic rings. The van der Waals surface area contributed by atoms with Gasteiger partial charge in [0, 0.05) is 18.0 Å². The first-order valence-electron chi connectivity index (χ1n) is 5.03. The van der Waals surface area contributed by atoms with Gasteiger partial charge in [0.25, 0.3) is 0 Å². The van der Waals surface area contributed by atoms with Crippen molar-refractivity contribution in [3.05, 3.63) is 12.3 Å². The van der Waals surface area contributed by atoms with Crippen LogP contribution in [-0.2, 0) is 0 Å². The molecule has 0 bridgehead atoms. The third-order valence-corrected chi connectivity index (χ3v) is 3.72. The maximum Gasteiger partial charge on any atom is 0.239 e. The van der Waals surface area contributed by atoms with E-state index in [1.54, 1.807) is 6.20 Å². The van der Waals surface area contributed by atoms with E-state index in [1.807, 2.05) is 17.8 Å². The molecule has 1 aromatic heterocycles. The van der Waals surface area contributed by atoms with Crippen molar-refractivity contribution in [2.24, 2.45) is 5.84 Å². The van der Waals surface area contributed by atoms with Crippen molar-refractivity contribution in [3.8, 4) is 0 Å². The number of nitrogens with two attached hydrogens (primary N) is 1. The van der Waals surface area contributed by atoms with Crippen molar-refractivity contribution >= 4 is 23.5 Å². The molecule has 0 aromatic carbocycles. The molecule has 2 rings (SSSR count). The SMILES string of the molecule is NNc1nccc(NCC2CCCS2)n1. The Morgan fingerprint density at radius 2 is 2.53 bits per heavy atom. The molecule has 6 heteroatoms. The summed E-state index contributed by atoms with van der Waals surface area (Å²) in [5.74, 6) is 7.78. The van der Waals surface area contributed by atoms with Gasteiger partial charge in [-0.05, 0) is 24.7 Å². The van der Waals surface area contributed by atoms with Crippen LogP contribution < -0.4 is 16.6 Å². The number of thioether (sulfide) groups is 1. The van der Waals surface area contributed by atoms with Crippen LogP contribution in [0.5, 0.6) is 0 Å². The maximum atomic E-state index is 5.23. The molecule has 2 heterocycles. The molecule has 0 radical (unpaired) electrons. The molecule has 1 fully saturated rings. The normalized spacial score (nSPS) is 20.2. The van der Waals surface area contributed by atoms with Crippen LogP contribution in [0.15, 0.2) is 12.3 Å². The molecule has 15 heavy (non-hydrogen) atoms. The molecule has 1 aromatic rings. The highest BCUT2D eigenvalue weighted by atomic mass is 32.2. The highest BCUT2D eigenvalue weighted by molar-refractivity contribution is 8.00. The average molecular weight is 225 g/mol. The van der Waals surface area contributed by atoms with E-state index >= 15 is 0 Å². The van der Waals surface area contributed by atoms with E-state index in [-0.39, 0.29) is 0 Å². The van der Waals surface area contributed by atoms with E-state index in [0.29, 0.717) is 11.2 Å². The summed E-state index contributed by atoms with van der Waals surface area (Å²) >= 11 is 2.03. The molecule has 1 atom stereocenters. The first kappa shape index (κ1) is 10.5. The summed E-state index contributed by atoms with van der Waals surface area (Å²) in [6.07, 6.45) is 4.31. The number of nitrogens with zero attached hydrogens (tertiary/aromatic N) is 2. The van der Waals surface area contributed by atoms with Gasteiger partial charge in [-0.15, -0.1) is 0 Å². The molecule has 1 unspecified atom stereocenters. The minimum atomic E-state index is 0.444. The summed E-state index contributed by atoms with van der Waals surface area (Å²) in [6.45, 7) is 0.964. The third-order valence-electron chi connectivity index (χ3n) is 2.32. The third kappa shape index (κ3) is 2.97. The fraction of sp³-hybridized carbons (Fsp3) is 0.556. The molecule has 0 saturated carbocycles. The van der Waals surface area contributed by atoms with Gasteiger partial charge >= 0.3 is 0 Å². The highest BCUT2D eigenvalue weighted by Crippen LogP contribution is 2.26. The number of rotatable bonds is 4. The van der Waals surface area contributed by atoms with Crippen molar-refractivity contribution < 1.29 is 0 Å². The lowest BCUT2D eigenvalue weighted by Gasteiger charge is -2.10. The molecule has 5 nitrogen and oxygen atoms in total. The zero-order valence-electron chi connectivity index (χ0n) is 8.44. The fourth-order valence-corrected chi connectivity index (χ4v) is 2.75. The Morgan fingerprint density at radius 1 is 1.60 bits per heavy atom. The van der Waals surface area contributed by atoms with Gasteiger partial charge in [0.05, 0.1) is 0 Å². The average Bonchev–Trinajstić information content (AvgIpc) is 2.79. The lowest BCUT2D eigenvalue weighted by Crippen LogP contribution is -2.16. The van der Waals surface area contributed by atoms with E-state index < -0.39 is 0 Å². The zero-order chi connectivity index (χ0) is 10.5. The molecule has 1 aliphatic heterocycles. The number of hydrogen-bond donors (Lipinski definition) is 3. The van der Waals surface area contributed by atoms with E-state index in [2.05, 4.69) is 20.7 Å². The number of nitrogen functional groups attached to an aromatic ring is 1. The summed E-state index contributed by atoms with van der Waals surface area (Å²) in [5, 5.41) is 4.01. The second-order valence-electron chi connectivity index (χ2n) is 3.43. The Kier molecular flexibility index (Phi) is 3.63. The van der Waals surface area contributed by atoms with Crippen LogP contribution in [0.3, 0.4) is 0 Å². The smallest absolute Gasteiger partial charge is 0.239 e. The van der Waals surface area contributed by atoms with Gasteiger partial charge in [-0.1, -0.05) is 0 Å². The Labute approximate surface area is 93.2 Å². The standard InChI is InChI=1S/C9H15N5S/c10-14-9-11-4-3-8(13-9)12-6-7-2-1-5-15-7/h3-4,7H,1-2,5-6,10H2,(H2,11,12,13,14). The molecule has 1 saturated heterocycles. The van der Waals surface area contributed by atoms with E-state index in [9.17, 15) is 0 Å². The first-order valence-corrected chi connectivity index (χ1v) is 6.08. The van der Waals surface area contributed by atoms with Crippen LogP contribution in [0, 0.1) is 0 Å². The minimum absolute atomic E-state index is 0.444. The van der Waals surface area contributed by atoms with Gasteiger partial charge in [0.15, 0.2) is 0 Å². The molecule has 82 valence electrons. The number of hydrazine groups is 1. The number of anilines is 2. The van der Waals surface area contributed by atoms with E-state index in [0.717, 1.165) is 12.4 Å². The van der Waals surface area contributed by atoms with Crippen molar-refractivity contribution in [1.82, 2.24) is 9.97 Å². The summed E-state index contributed by atoms with van der Waals surface area (Å²) in [7, 11) is 0. The van der Waals surface area contributed by atoms with Gasteiger partial charge < -0.3 is 5.32 Å². The fourth-order valence-electron chi connectivity index (χ4n) is 1.55. The summed E-state index contributed by atoms with van der Waals surface area (Å²) < 4.78 is 0. The van der Waals surface area contributed by atoms with Crippen molar-refractivity contribution in [2.45, 2.75) is 18.1 Å². The quantitative estimate of drug-likeness (QED) is 0.525. The van der Waals surface area contributed by atoms with E-state index in [1.165, 1.54) is 18.6 Å². The van der Waals surface area contributed by atoms with Gasteiger partial charge in [-0.3, -0.25) is 5.43 Å². The van der Waals surface area contributed by atoms with Gasteiger partial charge in [0.2, 0.25) is 5.95 Å². The van der Waals surface area contributed by atoms with Crippen LogP contribution in [0.25, 0.3) is 0 Å². The van der Waals surface area contributed by atoms with Crippen LogP contribution in [0.2, 0.25) is 0 Å². The molecule has 4 N–H and O–H groups in total. The van der Waals surface area contributed by atoms with Crippen LogP contribution in [-0.4, -0.2) is 27.5 Å². The molecular formula is C9H15N5S. The highest BCUT2D eigenvalue weighted by Gasteiger charge is 2.14. The number of hydrogen-bond acceptors (Lipinski definition) is 6. The van der Waals surface area contributed by atoms with Gasteiger partial charge in [-0.2, -0.15) is 16.7 Å². The second kappa shape index (κ2) is 5.18. The monoisotopic (exact) mass is 225 g/mol. The summed E-state index contributed by atoms with van der Waals surface area (Å²) in [6, 6.07) is 1.85. The maximum absolute atomic E-state index is 5.23. The zero-order valence-corrected chi connectivity index (χ0v) is 9.26. The largest absolute Gasteiger partial charge is 0.369 e. The lowest BCUT2D eigenvalue weighted by atomic mass is 10.2. The van der Waals surface area contributed by atoms with Crippen LogP contribution >= 0.6 is 11.8 Å². The van der Waals surface area contributed by atoms with Crippen LogP contribution in [0.1, 0.15) is 12.8 Å². The topological polar surface area (TPSA) is 75.9 Å². The van der Waals surface area contributed by atoms with E-state index in [4.69, 9.17) is 5.84 Å². The van der Waals surface area contributed by atoms with Crippen LogP contribution in [0.4, 0.5) is 11.8 Å². The minimum Gasteiger partial charge on any atom is -0.369 e. The Balaban J connectivity index is 1.86. The number of nitrogens with one attached hydrogen (secondary N) is 2. The van der Waals surface area contributed by atoms with Crippen molar-refractivity contribution in [2.75, 3.05) is 23.0 Å². The number of aromatic nitrogens is 2. The predicted octanol–water partition coefficient (Wildman–Crippen LogP) is 1.07. The van der Waals surface area contributed by atoms with Gasteiger partial charge in [0.1, 0.15) is 5.82 Å².